The van der Waals surface area contributed by atoms with Gasteiger partial charge in [-0.05, 0) is 49.6 Å². The maximum Gasteiger partial charge on any atom is 0.336 e. The Morgan fingerprint density at radius 2 is 1.74 bits per heavy atom. The van der Waals surface area contributed by atoms with Crippen LogP contribution < -0.4 is 11.2 Å². The van der Waals surface area contributed by atoms with E-state index in [0.29, 0.717) is 16.6 Å². The first kappa shape index (κ1) is 17.3. The van der Waals surface area contributed by atoms with Gasteiger partial charge in [0.25, 0.3) is 5.56 Å². The van der Waals surface area contributed by atoms with Crippen LogP contribution in [0, 0.1) is 6.92 Å². The number of carbonyl (C=O) groups excluding carboxylic acids is 1. The summed E-state index contributed by atoms with van der Waals surface area (Å²) in [7, 11) is 0. The van der Waals surface area contributed by atoms with Gasteiger partial charge in [-0.25, -0.2) is 9.36 Å². The second kappa shape index (κ2) is 6.87. The summed E-state index contributed by atoms with van der Waals surface area (Å²) in [5.74, 6) is -0.0887. The highest BCUT2D eigenvalue weighted by molar-refractivity contribution is 5.82. The fraction of sp³-hybridized carbons (Fsp3) is 0.286. The van der Waals surface area contributed by atoms with E-state index in [4.69, 9.17) is 0 Å². The predicted molar refractivity (Wildman–Crippen MR) is 104 cm³/mol. The van der Waals surface area contributed by atoms with E-state index in [9.17, 15) is 14.4 Å². The summed E-state index contributed by atoms with van der Waals surface area (Å²) in [5, 5.41) is 0.424. The molecule has 3 aromatic rings. The summed E-state index contributed by atoms with van der Waals surface area (Å²) in [5.41, 5.74) is 1.09. The zero-order chi connectivity index (χ0) is 19.0. The number of hydrogen-bond donors (Lipinski definition) is 0. The Bertz CT molecular complexity index is 1140. The molecule has 1 fully saturated rings. The van der Waals surface area contributed by atoms with Gasteiger partial charge in [0.15, 0.2) is 0 Å². The lowest BCUT2D eigenvalue weighted by Gasteiger charge is -2.18. The molecule has 0 radical (unpaired) electrons. The SMILES string of the molecule is Cc1cccc(-n2c(=O)c3ccccc3n(CC(=O)N3CCCC3)c2=O)c1. The first-order valence-corrected chi connectivity index (χ1v) is 9.15. The summed E-state index contributed by atoms with van der Waals surface area (Å²) >= 11 is 0. The number of rotatable bonds is 3. The molecule has 1 saturated heterocycles. The van der Waals surface area contributed by atoms with Crippen molar-refractivity contribution >= 4 is 16.8 Å². The van der Waals surface area contributed by atoms with Crippen molar-refractivity contribution < 1.29 is 4.79 Å². The number of benzene rings is 2. The summed E-state index contributed by atoms with van der Waals surface area (Å²) in [6, 6.07) is 14.2. The molecular formula is C21H21N3O3. The van der Waals surface area contributed by atoms with E-state index >= 15 is 0 Å². The van der Waals surface area contributed by atoms with Crippen LogP contribution in [0.4, 0.5) is 0 Å². The maximum absolute atomic E-state index is 13.2. The third-order valence-corrected chi connectivity index (χ3v) is 5.06. The number of fused-ring (bicyclic) bond motifs is 1. The highest BCUT2D eigenvalue weighted by Gasteiger charge is 2.21. The van der Waals surface area contributed by atoms with E-state index in [1.165, 1.54) is 4.57 Å². The molecule has 0 spiro atoms. The van der Waals surface area contributed by atoms with E-state index in [0.717, 1.165) is 36.1 Å². The van der Waals surface area contributed by atoms with Gasteiger partial charge >= 0.3 is 5.69 Å². The summed E-state index contributed by atoms with van der Waals surface area (Å²) in [4.78, 5) is 40.7. The molecule has 1 aliphatic rings. The number of carbonyl (C=O) groups is 1. The molecule has 6 nitrogen and oxygen atoms in total. The molecule has 0 bridgehead atoms. The minimum atomic E-state index is -0.489. The summed E-state index contributed by atoms with van der Waals surface area (Å²) < 4.78 is 2.58. The molecule has 27 heavy (non-hydrogen) atoms. The molecule has 1 aliphatic heterocycles. The Balaban J connectivity index is 1.93. The zero-order valence-corrected chi connectivity index (χ0v) is 15.2. The predicted octanol–water partition coefficient (Wildman–Crippen LogP) is 2.08. The molecule has 1 aromatic heterocycles. The van der Waals surface area contributed by atoms with Crippen LogP contribution in [-0.4, -0.2) is 33.0 Å². The van der Waals surface area contributed by atoms with Crippen LogP contribution >= 0.6 is 0 Å². The molecule has 2 aromatic carbocycles. The van der Waals surface area contributed by atoms with Gasteiger partial charge in [0, 0.05) is 13.1 Å². The van der Waals surface area contributed by atoms with Gasteiger partial charge in [0.1, 0.15) is 6.54 Å². The molecule has 0 unspecified atom stereocenters. The van der Waals surface area contributed by atoms with Crippen molar-refractivity contribution in [2.45, 2.75) is 26.3 Å². The molecular weight excluding hydrogens is 342 g/mol. The number of para-hydroxylation sites is 1. The van der Waals surface area contributed by atoms with E-state index in [1.54, 1.807) is 41.3 Å². The number of amides is 1. The smallest absolute Gasteiger partial charge is 0.336 e. The van der Waals surface area contributed by atoms with E-state index in [2.05, 4.69) is 0 Å². The van der Waals surface area contributed by atoms with Crippen LogP contribution in [0.15, 0.2) is 58.1 Å². The third-order valence-electron chi connectivity index (χ3n) is 5.06. The van der Waals surface area contributed by atoms with Crippen LogP contribution in [0.1, 0.15) is 18.4 Å². The largest absolute Gasteiger partial charge is 0.341 e. The van der Waals surface area contributed by atoms with Gasteiger partial charge in [-0.15, -0.1) is 0 Å². The van der Waals surface area contributed by atoms with Crippen LogP contribution in [0.5, 0.6) is 0 Å². The van der Waals surface area contributed by atoms with Gasteiger partial charge in [-0.1, -0.05) is 24.3 Å². The number of hydrogen-bond acceptors (Lipinski definition) is 3. The van der Waals surface area contributed by atoms with E-state index in [-0.39, 0.29) is 18.0 Å². The Kier molecular flexibility index (Phi) is 4.39. The normalized spacial score (nSPS) is 14.0. The van der Waals surface area contributed by atoms with Crippen molar-refractivity contribution in [1.82, 2.24) is 14.0 Å². The number of likely N-dealkylation sites (tertiary alicyclic amines) is 1. The first-order chi connectivity index (χ1) is 13.1. The van der Waals surface area contributed by atoms with Crippen molar-refractivity contribution in [3.8, 4) is 5.69 Å². The number of nitrogens with zero attached hydrogens (tertiary/aromatic N) is 3. The molecule has 4 rings (SSSR count). The monoisotopic (exact) mass is 363 g/mol. The van der Waals surface area contributed by atoms with Gasteiger partial charge in [0.2, 0.25) is 5.91 Å². The highest BCUT2D eigenvalue weighted by atomic mass is 16.2. The maximum atomic E-state index is 13.2. The topological polar surface area (TPSA) is 64.3 Å². The second-order valence-electron chi connectivity index (χ2n) is 6.95. The lowest BCUT2D eigenvalue weighted by atomic mass is 10.2. The third kappa shape index (κ3) is 3.07. The zero-order valence-electron chi connectivity index (χ0n) is 15.2. The number of aryl methyl sites for hydroxylation is 1. The molecule has 0 saturated carbocycles. The average Bonchev–Trinajstić information content (AvgIpc) is 3.20. The van der Waals surface area contributed by atoms with Crippen molar-refractivity contribution in [1.29, 1.82) is 0 Å². The first-order valence-electron chi connectivity index (χ1n) is 9.15. The van der Waals surface area contributed by atoms with Crippen LogP contribution in [-0.2, 0) is 11.3 Å². The van der Waals surface area contributed by atoms with E-state index in [1.807, 2.05) is 19.1 Å². The minimum absolute atomic E-state index is 0.0640. The van der Waals surface area contributed by atoms with Crippen LogP contribution in [0.2, 0.25) is 0 Å². The lowest BCUT2D eigenvalue weighted by molar-refractivity contribution is -0.130. The van der Waals surface area contributed by atoms with Crippen LogP contribution in [0.25, 0.3) is 16.6 Å². The van der Waals surface area contributed by atoms with Crippen molar-refractivity contribution in [3.05, 3.63) is 74.9 Å². The van der Waals surface area contributed by atoms with Gasteiger partial charge in [-0.3, -0.25) is 14.2 Å². The fourth-order valence-electron chi connectivity index (χ4n) is 3.67. The average molecular weight is 363 g/mol. The second-order valence-corrected chi connectivity index (χ2v) is 6.95. The Labute approximate surface area is 156 Å². The Hall–Kier alpha value is -3.15. The Morgan fingerprint density at radius 1 is 1.00 bits per heavy atom. The molecule has 0 N–H and O–H groups in total. The van der Waals surface area contributed by atoms with Crippen molar-refractivity contribution in [3.63, 3.8) is 0 Å². The van der Waals surface area contributed by atoms with Gasteiger partial charge in [-0.2, -0.15) is 0 Å². The molecule has 1 amide bonds. The molecule has 0 aliphatic carbocycles. The lowest BCUT2D eigenvalue weighted by Crippen LogP contribution is -2.42. The van der Waals surface area contributed by atoms with Gasteiger partial charge in [0.05, 0.1) is 16.6 Å². The van der Waals surface area contributed by atoms with Crippen molar-refractivity contribution in [2.75, 3.05) is 13.1 Å². The minimum Gasteiger partial charge on any atom is -0.341 e. The molecule has 6 heteroatoms. The number of aromatic nitrogens is 2. The molecule has 0 atom stereocenters. The summed E-state index contributed by atoms with van der Waals surface area (Å²) in [6.07, 6.45) is 1.98. The van der Waals surface area contributed by atoms with Crippen molar-refractivity contribution in [2.24, 2.45) is 0 Å². The Morgan fingerprint density at radius 3 is 2.48 bits per heavy atom. The quantitative estimate of drug-likeness (QED) is 0.716. The fourth-order valence-corrected chi connectivity index (χ4v) is 3.67. The molecule has 2 heterocycles. The van der Waals surface area contributed by atoms with Crippen LogP contribution in [0.3, 0.4) is 0 Å². The highest BCUT2D eigenvalue weighted by Crippen LogP contribution is 2.13. The molecule has 138 valence electrons. The standard InChI is InChI=1S/C21H21N3O3/c1-15-7-6-8-16(13-15)24-20(26)17-9-2-3-10-18(17)23(21(24)27)14-19(25)22-11-4-5-12-22/h2-3,6-10,13H,4-5,11-12,14H2,1H3. The van der Waals surface area contributed by atoms with E-state index < -0.39 is 5.69 Å². The summed E-state index contributed by atoms with van der Waals surface area (Å²) in [6.45, 7) is 3.29. The van der Waals surface area contributed by atoms with Gasteiger partial charge < -0.3 is 4.90 Å².